The third-order valence-corrected chi connectivity index (χ3v) is 16.6. The number of aliphatic hydroxyl groups is 21. The second kappa shape index (κ2) is 30.0. The molecule has 0 aromatic carbocycles. The summed E-state index contributed by atoms with van der Waals surface area (Å²) < 4.78 is 108. The molecule has 0 aliphatic carbocycles. The van der Waals surface area contributed by atoms with Crippen molar-refractivity contribution >= 4 is 0 Å². The zero-order valence-corrected chi connectivity index (χ0v) is 46.8. The van der Waals surface area contributed by atoms with Crippen molar-refractivity contribution in [3.8, 4) is 0 Å². The van der Waals surface area contributed by atoms with Crippen molar-refractivity contribution in [3.63, 3.8) is 0 Å². The molecule has 88 heavy (non-hydrogen) atoms. The molecule has 30 fully saturated rings. The van der Waals surface area contributed by atoms with Gasteiger partial charge in [-0.3, -0.25) is 0 Å². The molecule has 30 aliphatic heterocycles. The summed E-state index contributed by atoms with van der Waals surface area (Å²) in [6.45, 7) is -5.29. The zero-order valence-electron chi connectivity index (χ0n) is 46.8. The lowest BCUT2D eigenvalue weighted by Gasteiger charge is -2.50. The summed E-state index contributed by atoms with van der Waals surface area (Å²) in [6, 6.07) is 0. The summed E-state index contributed by atoms with van der Waals surface area (Å²) in [4.78, 5) is 0. The molecule has 30 aliphatic rings. The van der Waals surface area contributed by atoms with Gasteiger partial charge in [0.1, 0.15) is 177 Å². The van der Waals surface area contributed by atoms with Crippen LogP contribution in [0.4, 0.5) is 0 Å². The topological polar surface area (TPSA) is 600 Å². The second-order valence-electron chi connectivity index (χ2n) is 22.1. The van der Waals surface area contributed by atoms with E-state index in [9.17, 15) is 107 Å². The van der Waals surface area contributed by atoms with Crippen molar-refractivity contribution in [2.75, 3.05) is 54.4 Å². The van der Waals surface area contributed by atoms with Gasteiger partial charge in [-0.2, -0.15) is 0 Å². The molecular formula is C48H80O40. The van der Waals surface area contributed by atoms with Crippen LogP contribution in [-0.4, -0.2) is 408 Å². The molecule has 0 aromatic heterocycles. The molecule has 21 N–H and O–H groups in total. The van der Waals surface area contributed by atoms with Gasteiger partial charge >= 0.3 is 0 Å². The molecule has 16 unspecified atom stereocenters. The van der Waals surface area contributed by atoms with Crippen molar-refractivity contribution < 1.29 is 197 Å². The van der Waals surface area contributed by atoms with Gasteiger partial charge in [0.2, 0.25) is 0 Å². The Balaban J connectivity index is 0.975. The van der Waals surface area contributed by atoms with Gasteiger partial charge in [-0.25, -0.2) is 0 Å². The molecule has 0 aromatic rings. The third-order valence-electron chi connectivity index (χ3n) is 16.6. The van der Waals surface area contributed by atoms with Gasteiger partial charge in [-0.05, 0) is 0 Å². The molecule has 40 heteroatoms. The summed E-state index contributed by atoms with van der Waals surface area (Å²) in [5.41, 5.74) is 0. The van der Waals surface area contributed by atoms with E-state index >= 15 is 0 Å². The predicted molar refractivity (Wildman–Crippen MR) is 261 cm³/mol. The minimum absolute atomic E-state index is 1.04. The van der Waals surface area contributed by atoms with Crippen LogP contribution in [0.25, 0.3) is 0 Å². The lowest BCUT2D eigenvalue weighted by Crippen LogP contribution is -2.69. The molecule has 30 rings (SSSR count). The van der Waals surface area contributed by atoms with Crippen LogP contribution >= 0.6 is 0 Å². The van der Waals surface area contributed by atoms with Gasteiger partial charge in [-0.1, -0.05) is 0 Å². The van der Waals surface area contributed by atoms with Gasteiger partial charge in [0.15, 0.2) is 69.2 Å². The predicted octanol–water partition coefficient (Wildman–Crippen LogP) is -15.6. The van der Waals surface area contributed by atoms with Crippen LogP contribution in [0, 0.1) is 0 Å². The average Bonchev–Trinajstić information content (AvgIpc) is 0.985. The molecule has 30 saturated heterocycles. The van der Waals surface area contributed by atoms with Gasteiger partial charge in [0, 0.05) is 21.3 Å². The summed E-state index contributed by atoms with van der Waals surface area (Å²) in [5.74, 6) is 0. The Morgan fingerprint density at radius 1 is 0.193 bits per heavy atom. The van der Waals surface area contributed by atoms with Crippen LogP contribution in [-0.2, 0) is 90.0 Å². The van der Waals surface area contributed by atoms with E-state index in [4.69, 9.17) is 90.0 Å². The fourth-order valence-electron chi connectivity index (χ4n) is 11.7. The number of aliphatic hydroxyl groups excluding tert-OH is 21. The first kappa shape index (κ1) is 70.7. The van der Waals surface area contributed by atoms with E-state index in [1.807, 2.05) is 0 Å². The first-order valence-electron chi connectivity index (χ1n) is 27.9. The highest BCUT2D eigenvalue weighted by Gasteiger charge is 2.60. The highest BCUT2D eigenvalue weighted by atomic mass is 16.8. The lowest BCUT2D eigenvalue weighted by atomic mass is 9.95. The van der Waals surface area contributed by atoms with Gasteiger partial charge in [-0.15, -0.1) is 0 Å². The van der Waals surface area contributed by atoms with Crippen molar-refractivity contribution in [1.82, 2.24) is 0 Å². The standard InChI is InChI=1S/C48H80O40/c1-70-46-35-20(60)28(68)44(87-46)85-37-21(61)29(69)45(88-48(37)72-3)84-36-19(59)27(67)43(86-47(36)71-2)82-34-13(8-53)76-41(25(65)17(34)57)80-32-11(6-51)74-39(23(63)15(32)55)78-30-9(4-49)73-38(22(62)14(30)54)79-31-10(5-50)75-40(24(64)16(31)56)81-33-12(7-52)77-42(83-35)26(66)18(33)58/h9-69H,4-8H2,1-3H3/t9?,10?,11?,12?,13?,14-,15-,16-,17-,18-,19-,20-,21-,22?,23?,24?,25?,26?,27?,28?,29?,30-,31-,32-,33-,34-,35+,36+,37+,38-,39-,40-,41-,42-,43+,44+,45+,46?,47?,48?/m1/s1. The van der Waals surface area contributed by atoms with Crippen LogP contribution in [0.5, 0.6) is 0 Å². The Hall–Kier alpha value is -1.60. The molecule has 16 bridgehead atoms. The summed E-state index contributed by atoms with van der Waals surface area (Å²) >= 11 is 0. The fourth-order valence-corrected chi connectivity index (χ4v) is 11.7. The minimum Gasteiger partial charge on any atom is -0.394 e. The molecule has 40 nitrogen and oxygen atoms in total. The van der Waals surface area contributed by atoms with E-state index in [-0.39, 0.29) is 0 Å². The molecule has 512 valence electrons. The third kappa shape index (κ3) is 13.8. The van der Waals surface area contributed by atoms with Crippen molar-refractivity contribution in [2.45, 2.75) is 246 Å². The SMILES string of the molecule is COC1O[C@@H]2O[C@@H]3C(OC)O[C@H](O[C@@H]4C(OC)O[C@H](O[C@@H]5C(CO)O[C@H](O[C@@H]6C(CO)O[C@H](O[C@@H]7C(CO)O[C@H](O[C@@H]8C(CO)O[C@H](O[C@@H]9C(CO)O[C@H](O[C@H]1[C@H](O)C2O)C(O)[C@H]9O)C(O)[C@H]8O)C(O)[C@H]7O)C(O)[C@H]6O)C(O)[C@H]5O)C(O)[C@H]4O)C(O)[C@H]3O. The highest BCUT2D eigenvalue weighted by Crippen LogP contribution is 2.40. The lowest BCUT2D eigenvalue weighted by molar-refractivity contribution is -0.429. The molecular weight excluding hydrogens is 1220 g/mol. The van der Waals surface area contributed by atoms with Crippen LogP contribution in [0.2, 0.25) is 0 Å². The van der Waals surface area contributed by atoms with E-state index in [1.54, 1.807) is 0 Å². The van der Waals surface area contributed by atoms with E-state index < -0.39 is 279 Å². The molecule has 0 radical (unpaired) electrons. The minimum atomic E-state index is -2.23. The number of hydrogen-bond acceptors (Lipinski definition) is 40. The van der Waals surface area contributed by atoms with E-state index in [0.29, 0.717) is 0 Å². The Morgan fingerprint density at radius 3 is 0.477 bits per heavy atom. The molecule has 0 saturated carbocycles. The van der Waals surface area contributed by atoms with E-state index in [0.717, 1.165) is 21.3 Å². The zero-order chi connectivity index (χ0) is 64.1. The van der Waals surface area contributed by atoms with E-state index in [1.165, 1.54) is 0 Å². The van der Waals surface area contributed by atoms with Crippen molar-refractivity contribution in [1.29, 1.82) is 0 Å². The molecule has 40 atom stereocenters. The monoisotopic (exact) mass is 1300 g/mol. The summed E-state index contributed by atoms with van der Waals surface area (Å²) in [6.07, 6.45) is -80.6. The Kier molecular flexibility index (Phi) is 24.1. The molecule has 0 spiro atoms. The Bertz CT molecular complexity index is 1700. The average molecular weight is 1300 g/mol. The number of hydrogen-bond donors (Lipinski definition) is 21. The van der Waals surface area contributed by atoms with Gasteiger partial charge in [0.25, 0.3) is 0 Å². The normalized spacial score (nSPS) is 55.4. The first-order valence-corrected chi connectivity index (χ1v) is 27.9. The van der Waals surface area contributed by atoms with Crippen LogP contribution in [0.15, 0.2) is 0 Å². The summed E-state index contributed by atoms with van der Waals surface area (Å²) in [5, 5.41) is 234. The van der Waals surface area contributed by atoms with E-state index in [2.05, 4.69) is 0 Å². The Labute approximate surface area is 497 Å². The Morgan fingerprint density at radius 2 is 0.330 bits per heavy atom. The van der Waals surface area contributed by atoms with Crippen LogP contribution in [0.1, 0.15) is 0 Å². The van der Waals surface area contributed by atoms with Crippen molar-refractivity contribution in [2.24, 2.45) is 0 Å². The maximum absolute atomic E-state index is 11.5. The first-order chi connectivity index (χ1) is 41.9. The van der Waals surface area contributed by atoms with Crippen LogP contribution < -0.4 is 0 Å². The largest absolute Gasteiger partial charge is 0.394 e. The maximum Gasteiger partial charge on any atom is 0.189 e. The number of rotatable bonds is 8. The second-order valence-corrected chi connectivity index (χ2v) is 22.1. The van der Waals surface area contributed by atoms with Gasteiger partial charge < -0.3 is 197 Å². The maximum atomic E-state index is 11.5. The number of ether oxygens (including phenoxy) is 19. The highest BCUT2D eigenvalue weighted by molar-refractivity contribution is 5.01. The molecule has 30 heterocycles. The fraction of sp³-hybridized carbons (Fsp3) is 1.00. The van der Waals surface area contributed by atoms with Gasteiger partial charge in [0.05, 0.1) is 33.0 Å². The number of methoxy groups -OCH3 is 3. The van der Waals surface area contributed by atoms with Crippen molar-refractivity contribution in [3.05, 3.63) is 0 Å². The van der Waals surface area contributed by atoms with Crippen LogP contribution in [0.3, 0.4) is 0 Å². The molecule has 0 amide bonds. The smallest absolute Gasteiger partial charge is 0.189 e. The quantitative estimate of drug-likeness (QED) is 0.107. The summed E-state index contributed by atoms with van der Waals surface area (Å²) in [7, 11) is 3.11.